The first-order chi connectivity index (χ1) is 9.18. The Hall–Kier alpha value is -1.60. The Bertz CT molecular complexity index is 421. The van der Waals surface area contributed by atoms with Gasteiger partial charge in [0.2, 0.25) is 5.75 Å². The summed E-state index contributed by atoms with van der Waals surface area (Å²) in [5, 5.41) is 13.6. The van der Waals surface area contributed by atoms with Gasteiger partial charge in [-0.15, -0.1) is 0 Å². The first-order valence-electron chi connectivity index (χ1n) is 6.50. The predicted octanol–water partition coefficient (Wildman–Crippen LogP) is 0.878. The van der Waals surface area contributed by atoms with Crippen LogP contribution in [0.15, 0.2) is 6.33 Å². The molecular formula is C12H21N5O2. The first kappa shape index (κ1) is 13.8. The fraction of sp³-hybridized carbons (Fsp3) is 0.667. The van der Waals surface area contributed by atoms with Gasteiger partial charge in [0, 0.05) is 6.54 Å². The lowest BCUT2D eigenvalue weighted by atomic mass is 9.85. The van der Waals surface area contributed by atoms with Gasteiger partial charge >= 0.3 is 0 Å². The van der Waals surface area contributed by atoms with E-state index in [0.29, 0.717) is 23.9 Å². The van der Waals surface area contributed by atoms with Gasteiger partial charge in [0.25, 0.3) is 0 Å². The Morgan fingerprint density at radius 2 is 2.00 bits per heavy atom. The molecule has 7 heteroatoms. The summed E-state index contributed by atoms with van der Waals surface area (Å²) in [5.41, 5.74) is 1.79. The number of nitrogen functional groups attached to an aromatic ring is 1. The highest BCUT2D eigenvalue weighted by molar-refractivity contribution is 5.63. The molecule has 19 heavy (non-hydrogen) atoms. The predicted molar refractivity (Wildman–Crippen MR) is 72.9 cm³/mol. The van der Waals surface area contributed by atoms with Crippen molar-refractivity contribution in [1.29, 1.82) is 0 Å². The number of hydrazine groups is 1. The van der Waals surface area contributed by atoms with E-state index in [1.165, 1.54) is 19.9 Å². The lowest BCUT2D eigenvalue weighted by molar-refractivity contribution is 0.0166. The molecule has 0 aromatic carbocycles. The summed E-state index contributed by atoms with van der Waals surface area (Å²) in [7, 11) is 1.53. The van der Waals surface area contributed by atoms with Gasteiger partial charge in [0.05, 0.1) is 12.7 Å². The molecular weight excluding hydrogens is 246 g/mol. The normalized spacial score (nSPS) is 17.8. The summed E-state index contributed by atoms with van der Waals surface area (Å²) >= 11 is 0. The monoisotopic (exact) mass is 267 g/mol. The Morgan fingerprint density at radius 1 is 1.32 bits per heavy atom. The van der Waals surface area contributed by atoms with Crippen molar-refractivity contribution in [2.75, 3.05) is 24.4 Å². The van der Waals surface area contributed by atoms with Crippen LogP contribution in [-0.2, 0) is 0 Å². The van der Waals surface area contributed by atoms with E-state index in [9.17, 15) is 5.11 Å². The number of hydrogen-bond acceptors (Lipinski definition) is 7. The van der Waals surface area contributed by atoms with Crippen molar-refractivity contribution in [1.82, 2.24) is 9.97 Å². The van der Waals surface area contributed by atoms with Gasteiger partial charge in [0.1, 0.15) is 6.33 Å². The smallest absolute Gasteiger partial charge is 0.205 e. The minimum absolute atomic E-state index is 0.413. The highest BCUT2D eigenvalue weighted by Gasteiger charge is 2.29. The Balaban J connectivity index is 2.06. The van der Waals surface area contributed by atoms with Crippen LogP contribution >= 0.6 is 0 Å². The molecule has 0 radical (unpaired) electrons. The molecule has 7 nitrogen and oxygen atoms in total. The van der Waals surface area contributed by atoms with Crippen molar-refractivity contribution in [2.24, 2.45) is 5.84 Å². The molecule has 0 unspecified atom stereocenters. The maximum absolute atomic E-state index is 10.4. The third-order valence-corrected chi connectivity index (χ3v) is 3.51. The molecule has 0 bridgehead atoms. The Morgan fingerprint density at radius 3 is 2.63 bits per heavy atom. The molecule has 1 saturated carbocycles. The Labute approximate surface area is 112 Å². The maximum Gasteiger partial charge on any atom is 0.205 e. The summed E-state index contributed by atoms with van der Waals surface area (Å²) in [6, 6.07) is 0. The molecule has 1 heterocycles. The maximum atomic E-state index is 10.4. The minimum Gasteiger partial charge on any atom is -0.490 e. The van der Waals surface area contributed by atoms with Crippen LogP contribution in [-0.4, -0.2) is 34.3 Å². The molecule has 1 aliphatic carbocycles. The number of ether oxygens (including phenoxy) is 1. The second-order valence-electron chi connectivity index (χ2n) is 4.89. The van der Waals surface area contributed by atoms with E-state index in [1.807, 2.05) is 0 Å². The number of nitrogens with zero attached hydrogens (tertiary/aromatic N) is 2. The van der Waals surface area contributed by atoms with Gasteiger partial charge in [-0.2, -0.15) is 0 Å². The quantitative estimate of drug-likeness (QED) is 0.463. The minimum atomic E-state index is -0.662. The average molecular weight is 267 g/mol. The molecule has 0 aliphatic heterocycles. The molecule has 1 aromatic rings. The van der Waals surface area contributed by atoms with E-state index in [1.54, 1.807) is 0 Å². The van der Waals surface area contributed by atoms with Crippen molar-refractivity contribution in [2.45, 2.75) is 37.7 Å². The van der Waals surface area contributed by atoms with Crippen LogP contribution in [0.1, 0.15) is 32.1 Å². The van der Waals surface area contributed by atoms with Crippen molar-refractivity contribution in [3.8, 4) is 5.75 Å². The summed E-state index contributed by atoms with van der Waals surface area (Å²) < 4.78 is 5.23. The topological polar surface area (TPSA) is 105 Å². The molecule has 0 saturated heterocycles. The van der Waals surface area contributed by atoms with E-state index in [2.05, 4.69) is 20.7 Å². The number of nitrogens with two attached hydrogens (primary N) is 1. The number of methoxy groups -OCH3 is 1. The largest absolute Gasteiger partial charge is 0.490 e. The molecule has 0 amide bonds. The molecule has 1 aromatic heterocycles. The van der Waals surface area contributed by atoms with Gasteiger partial charge in [-0.1, -0.05) is 19.3 Å². The number of nitrogens with one attached hydrogen (secondary N) is 2. The molecule has 2 rings (SSSR count). The van der Waals surface area contributed by atoms with Crippen LogP contribution in [0.2, 0.25) is 0 Å². The number of hydrogen-bond donors (Lipinski definition) is 4. The lowest BCUT2D eigenvalue weighted by Gasteiger charge is -2.32. The summed E-state index contributed by atoms with van der Waals surface area (Å²) in [4.78, 5) is 8.09. The zero-order valence-electron chi connectivity index (χ0n) is 11.1. The van der Waals surface area contributed by atoms with E-state index >= 15 is 0 Å². The zero-order valence-corrected chi connectivity index (χ0v) is 11.1. The molecule has 106 valence electrons. The number of aromatic nitrogens is 2. The standard InChI is InChI=1S/C12H21N5O2/c1-19-9-10(15-8-16-11(9)17-13)14-7-12(18)5-3-2-4-6-12/h8,18H,2-7,13H2,1H3,(H2,14,15,16,17). The van der Waals surface area contributed by atoms with Crippen LogP contribution < -0.4 is 21.3 Å². The van der Waals surface area contributed by atoms with E-state index < -0.39 is 5.60 Å². The van der Waals surface area contributed by atoms with Crippen molar-refractivity contribution in [3.05, 3.63) is 6.33 Å². The van der Waals surface area contributed by atoms with Crippen LogP contribution in [0.25, 0.3) is 0 Å². The lowest BCUT2D eigenvalue weighted by Crippen LogP contribution is -2.39. The number of aliphatic hydroxyl groups is 1. The van der Waals surface area contributed by atoms with Crippen LogP contribution in [0, 0.1) is 0 Å². The van der Waals surface area contributed by atoms with E-state index in [0.717, 1.165) is 25.7 Å². The SMILES string of the molecule is COc1c(NN)ncnc1NCC1(O)CCCCC1. The molecule has 0 atom stereocenters. The van der Waals surface area contributed by atoms with Gasteiger partial charge in [-0.3, -0.25) is 0 Å². The number of rotatable bonds is 5. The molecule has 1 fully saturated rings. The van der Waals surface area contributed by atoms with E-state index in [-0.39, 0.29) is 0 Å². The molecule has 5 N–H and O–H groups in total. The van der Waals surface area contributed by atoms with Crippen molar-refractivity contribution >= 4 is 11.6 Å². The second kappa shape index (κ2) is 6.03. The second-order valence-corrected chi connectivity index (χ2v) is 4.89. The highest BCUT2D eigenvalue weighted by Crippen LogP contribution is 2.31. The van der Waals surface area contributed by atoms with Crippen molar-refractivity contribution < 1.29 is 9.84 Å². The highest BCUT2D eigenvalue weighted by atomic mass is 16.5. The van der Waals surface area contributed by atoms with Crippen LogP contribution in [0.5, 0.6) is 5.75 Å². The fourth-order valence-electron chi connectivity index (χ4n) is 2.43. The summed E-state index contributed by atoms with van der Waals surface area (Å²) in [6.45, 7) is 0.449. The molecule has 0 spiro atoms. The van der Waals surface area contributed by atoms with Gasteiger partial charge in [-0.25, -0.2) is 15.8 Å². The van der Waals surface area contributed by atoms with Gasteiger partial charge in [-0.05, 0) is 12.8 Å². The molecule has 1 aliphatic rings. The summed E-state index contributed by atoms with van der Waals surface area (Å²) in [5.74, 6) is 6.76. The van der Waals surface area contributed by atoms with Crippen LogP contribution in [0.3, 0.4) is 0 Å². The third kappa shape index (κ3) is 3.24. The summed E-state index contributed by atoms with van der Waals surface area (Å²) in [6.07, 6.45) is 6.35. The van der Waals surface area contributed by atoms with Crippen molar-refractivity contribution in [3.63, 3.8) is 0 Å². The van der Waals surface area contributed by atoms with Crippen LogP contribution in [0.4, 0.5) is 11.6 Å². The zero-order chi connectivity index (χ0) is 13.7. The first-order valence-corrected chi connectivity index (χ1v) is 6.50. The third-order valence-electron chi connectivity index (χ3n) is 3.51. The Kier molecular flexibility index (Phi) is 4.39. The number of anilines is 2. The average Bonchev–Trinajstić information content (AvgIpc) is 2.45. The van der Waals surface area contributed by atoms with Gasteiger partial charge < -0.3 is 20.6 Å². The van der Waals surface area contributed by atoms with Gasteiger partial charge in [0.15, 0.2) is 11.6 Å². The fourth-order valence-corrected chi connectivity index (χ4v) is 2.43. The van der Waals surface area contributed by atoms with E-state index in [4.69, 9.17) is 10.6 Å².